The Balaban J connectivity index is 2.42. The maximum Gasteiger partial charge on any atom is 0.0701 e. The predicted molar refractivity (Wildman–Crippen MR) is 66.3 cm³/mol. The van der Waals surface area contributed by atoms with Gasteiger partial charge in [0.05, 0.1) is 17.0 Å². The standard InChI is InChI=1S/C10H16BrNO2S/c1-14-7-5-12(4-6-13)8-9-2-3-10(11)15-9/h2-3,13H,4-8H2,1H3. The van der Waals surface area contributed by atoms with Crippen LogP contribution < -0.4 is 0 Å². The Bertz CT molecular complexity index is 280. The summed E-state index contributed by atoms with van der Waals surface area (Å²) in [6.45, 7) is 3.31. The molecule has 0 bridgehead atoms. The largest absolute Gasteiger partial charge is 0.395 e. The van der Waals surface area contributed by atoms with Crippen molar-refractivity contribution >= 4 is 27.3 Å². The molecule has 0 fully saturated rings. The topological polar surface area (TPSA) is 32.7 Å². The van der Waals surface area contributed by atoms with Gasteiger partial charge in [-0.2, -0.15) is 0 Å². The Morgan fingerprint density at radius 1 is 1.47 bits per heavy atom. The fourth-order valence-corrected chi connectivity index (χ4v) is 2.81. The van der Waals surface area contributed by atoms with Gasteiger partial charge in [0.25, 0.3) is 0 Å². The molecule has 1 N–H and O–H groups in total. The van der Waals surface area contributed by atoms with Gasteiger partial charge in [-0.1, -0.05) is 0 Å². The van der Waals surface area contributed by atoms with Crippen LogP contribution >= 0.6 is 27.3 Å². The second-order valence-corrected chi connectivity index (χ2v) is 5.75. The van der Waals surface area contributed by atoms with Gasteiger partial charge >= 0.3 is 0 Å². The van der Waals surface area contributed by atoms with Crippen LogP contribution in [0.3, 0.4) is 0 Å². The third-order valence-corrected chi connectivity index (χ3v) is 3.64. The molecular weight excluding hydrogens is 278 g/mol. The smallest absolute Gasteiger partial charge is 0.0701 e. The molecule has 0 aliphatic rings. The first-order chi connectivity index (χ1) is 7.26. The summed E-state index contributed by atoms with van der Waals surface area (Å²) >= 11 is 5.17. The van der Waals surface area contributed by atoms with Gasteiger partial charge < -0.3 is 9.84 Å². The van der Waals surface area contributed by atoms with Crippen LogP contribution in [0.15, 0.2) is 15.9 Å². The predicted octanol–water partition coefficient (Wildman–Crippen LogP) is 1.95. The van der Waals surface area contributed by atoms with Crippen LogP contribution in [0.5, 0.6) is 0 Å². The number of hydrogen-bond donors (Lipinski definition) is 1. The number of rotatable bonds is 7. The van der Waals surface area contributed by atoms with E-state index in [9.17, 15) is 0 Å². The summed E-state index contributed by atoms with van der Waals surface area (Å²) in [5.41, 5.74) is 0. The van der Waals surface area contributed by atoms with Crippen LogP contribution in [0.2, 0.25) is 0 Å². The lowest BCUT2D eigenvalue weighted by Gasteiger charge is -2.19. The zero-order valence-electron chi connectivity index (χ0n) is 8.78. The van der Waals surface area contributed by atoms with Gasteiger partial charge in [0.1, 0.15) is 0 Å². The highest BCUT2D eigenvalue weighted by atomic mass is 79.9. The summed E-state index contributed by atoms with van der Waals surface area (Å²) in [6, 6.07) is 4.15. The van der Waals surface area contributed by atoms with E-state index in [0.717, 1.165) is 16.9 Å². The molecule has 15 heavy (non-hydrogen) atoms. The van der Waals surface area contributed by atoms with Crippen LogP contribution in [-0.4, -0.2) is 43.4 Å². The van der Waals surface area contributed by atoms with Crippen molar-refractivity contribution in [3.8, 4) is 0 Å². The molecule has 0 saturated heterocycles. The van der Waals surface area contributed by atoms with E-state index in [1.807, 2.05) is 6.07 Å². The number of aliphatic hydroxyl groups is 1. The van der Waals surface area contributed by atoms with Crippen molar-refractivity contribution in [2.75, 3.05) is 33.4 Å². The molecule has 3 nitrogen and oxygen atoms in total. The fraction of sp³-hybridized carbons (Fsp3) is 0.600. The molecule has 0 amide bonds. The molecule has 0 atom stereocenters. The maximum atomic E-state index is 8.93. The molecule has 1 aromatic heterocycles. The molecular formula is C10H16BrNO2S. The van der Waals surface area contributed by atoms with Crippen molar-refractivity contribution in [1.82, 2.24) is 4.90 Å². The minimum atomic E-state index is 0.191. The van der Waals surface area contributed by atoms with Crippen molar-refractivity contribution in [3.05, 3.63) is 20.8 Å². The molecule has 86 valence electrons. The van der Waals surface area contributed by atoms with Crippen LogP contribution in [0.4, 0.5) is 0 Å². The van der Waals surface area contributed by atoms with E-state index in [1.54, 1.807) is 18.4 Å². The number of nitrogens with zero attached hydrogens (tertiary/aromatic N) is 1. The van der Waals surface area contributed by atoms with Gasteiger partial charge in [0.2, 0.25) is 0 Å². The first-order valence-electron chi connectivity index (χ1n) is 4.82. The van der Waals surface area contributed by atoms with E-state index in [-0.39, 0.29) is 6.61 Å². The van der Waals surface area contributed by atoms with Crippen molar-refractivity contribution in [1.29, 1.82) is 0 Å². The third kappa shape index (κ3) is 5.08. The summed E-state index contributed by atoms with van der Waals surface area (Å²) in [5.74, 6) is 0. The van der Waals surface area contributed by atoms with Crippen molar-refractivity contribution < 1.29 is 9.84 Å². The Hall–Kier alpha value is 0.0600. The van der Waals surface area contributed by atoms with Gasteiger partial charge in [-0.15, -0.1) is 11.3 Å². The second kappa shape index (κ2) is 7.35. The highest BCUT2D eigenvalue weighted by Gasteiger charge is 2.06. The van der Waals surface area contributed by atoms with Crippen molar-refractivity contribution in [2.45, 2.75) is 6.54 Å². The van der Waals surface area contributed by atoms with E-state index < -0.39 is 0 Å². The summed E-state index contributed by atoms with van der Waals surface area (Å²) in [7, 11) is 1.69. The number of halogens is 1. The number of hydrogen-bond acceptors (Lipinski definition) is 4. The van der Waals surface area contributed by atoms with Gasteiger partial charge in [-0.05, 0) is 28.1 Å². The highest BCUT2D eigenvalue weighted by Crippen LogP contribution is 2.23. The van der Waals surface area contributed by atoms with Crippen molar-refractivity contribution in [3.63, 3.8) is 0 Å². The lowest BCUT2D eigenvalue weighted by Crippen LogP contribution is -2.29. The normalized spacial score (nSPS) is 11.2. The van der Waals surface area contributed by atoms with E-state index in [1.165, 1.54) is 4.88 Å². The van der Waals surface area contributed by atoms with E-state index in [2.05, 4.69) is 26.9 Å². The minimum absolute atomic E-state index is 0.191. The van der Waals surface area contributed by atoms with E-state index in [4.69, 9.17) is 9.84 Å². The quantitative estimate of drug-likeness (QED) is 0.834. The Morgan fingerprint density at radius 3 is 2.80 bits per heavy atom. The van der Waals surface area contributed by atoms with E-state index in [0.29, 0.717) is 13.2 Å². The summed E-state index contributed by atoms with van der Waals surface area (Å²) < 4.78 is 6.18. The molecule has 1 aromatic rings. The highest BCUT2D eigenvalue weighted by molar-refractivity contribution is 9.11. The second-order valence-electron chi connectivity index (χ2n) is 3.20. The SMILES string of the molecule is COCCN(CCO)Cc1ccc(Br)s1. The van der Waals surface area contributed by atoms with Gasteiger partial charge in [-0.25, -0.2) is 0 Å². The first kappa shape index (κ1) is 13.1. The van der Waals surface area contributed by atoms with Crippen LogP contribution in [0.1, 0.15) is 4.88 Å². The zero-order chi connectivity index (χ0) is 11.1. The molecule has 0 aliphatic carbocycles. The van der Waals surface area contributed by atoms with E-state index >= 15 is 0 Å². The molecule has 0 aliphatic heterocycles. The minimum Gasteiger partial charge on any atom is -0.395 e. The Kier molecular flexibility index (Phi) is 6.43. The van der Waals surface area contributed by atoms with Crippen LogP contribution in [0.25, 0.3) is 0 Å². The monoisotopic (exact) mass is 293 g/mol. The molecule has 0 spiro atoms. The summed E-state index contributed by atoms with van der Waals surface area (Å²) in [4.78, 5) is 3.48. The van der Waals surface area contributed by atoms with Crippen molar-refractivity contribution in [2.24, 2.45) is 0 Å². The number of aliphatic hydroxyl groups excluding tert-OH is 1. The Labute approximate surface area is 103 Å². The van der Waals surface area contributed by atoms with Gasteiger partial charge in [-0.3, -0.25) is 4.90 Å². The van der Waals surface area contributed by atoms with Gasteiger partial charge in [0, 0.05) is 31.6 Å². The molecule has 1 heterocycles. The molecule has 0 saturated carbocycles. The summed E-state index contributed by atoms with van der Waals surface area (Å²) in [6.07, 6.45) is 0. The average molecular weight is 294 g/mol. The number of thiophene rings is 1. The summed E-state index contributed by atoms with van der Waals surface area (Å²) in [5, 5.41) is 8.93. The van der Waals surface area contributed by atoms with Gasteiger partial charge in [0.15, 0.2) is 0 Å². The number of methoxy groups -OCH3 is 1. The average Bonchev–Trinajstić information content (AvgIpc) is 2.61. The number of ether oxygens (including phenoxy) is 1. The lowest BCUT2D eigenvalue weighted by atomic mass is 10.4. The van der Waals surface area contributed by atoms with Crippen LogP contribution in [-0.2, 0) is 11.3 Å². The maximum absolute atomic E-state index is 8.93. The van der Waals surface area contributed by atoms with Crippen LogP contribution in [0, 0.1) is 0 Å². The molecule has 0 unspecified atom stereocenters. The molecule has 0 aromatic carbocycles. The molecule has 5 heteroatoms. The Morgan fingerprint density at radius 2 is 2.27 bits per heavy atom. The zero-order valence-corrected chi connectivity index (χ0v) is 11.2. The fourth-order valence-electron chi connectivity index (χ4n) is 1.29. The third-order valence-electron chi connectivity index (χ3n) is 2.04. The molecule has 1 rings (SSSR count). The molecule has 0 radical (unpaired) electrons. The lowest BCUT2D eigenvalue weighted by molar-refractivity contribution is 0.127. The first-order valence-corrected chi connectivity index (χ1v) is 6.43.